The van der Waals surface area contributed by atoms with Crippen molar-refractivity contribution in [2.24, 2.45) is 9.98 Å². The molecular weight excluding hydrogens is 236 g/mol. The van der Waals surface area contributed by atoms with Crippen LogP contribution in [0.1, 0.15) is 39.0 Å². The van der Waals surface area contributed by atoms with Crippen molar-refractivity contribution in [1.29, 1.82) is 5.26 Å². The third-order valence-electron chi connectivity index (χ3n) is 3.32. The van der Waals surface area contributed by atoms with Gasteiger partial charge in [-0.15, -0.1) is 0 Å². The van der Waals surface area contributed by atoms with Gasteiger partial charge in [0.2, 0.25) is 0 Å². The molecule has 1 fully saturated rings. The molecule has 1 aliphatic rings. The predicted molar refractivity (Wildman–Crippen MR) is 80.4 cm³/mol. The van der Waals surface area contributed by atoms with Gasteiger partial charge in [0, 0.05) is 11.9 Å². The first kappa shape index (κ1) is 15.2. The van der Waals surface area contributed by atoms with Gasteiger partial charge in [-0.05, 0) is 32.6 Å². The van der Waals surface area contributed by atoms with E-state index < -0.39 is 0 Å². The van der Waals surface area contributed by atoms with Crippen molar-refractivity contribution in [1.82, 2.24) is 5.32 Å². The van der Waals surface area contributed by atoms with E-state index in [1.807, 2.05) is 19.1 Å². The van der Waals surface area contributed by atoms with Crippen LogP contribution in [0.15, 0.2) is 34.0 Å². The third-order valence-corrected chi connectivity index (χ3v) is 3.32. The van der Waals surface area contributed by atoms with Gasteiger partial charge in [0.15, 0.2) is 0 Å². The van der Waals surface area contributed by atoms with E-state index in [0.29, 0.717) is 0 Å². The predicted octanol–water partition coefficient (Wildman–Crippen LogP) is 2.99. The summed E-state index contributed by atoms with van der Waals surface area (Å²) in [5.74, 6) is 0. The van der Waals surface area contributed by atoms with E-state index in [1.165, 1.54) is 19.3 Å². The van der Waals surface area contributed by atoms with E-state index in [4.69, 9.17) is 5.26 Å². The molecule has 0 bridgehead atoms. The fraction of sp³-hybridized carbons (Fsp3) is 0.533. The molecule has 0 aliphatic heterocycles. The zero-order valence-corrected chi connectivity index (χ0v) is 11.7. The number of nitriles is 1. The SMILES string of the molecule is C=N/C(=C\C=NCC#N)C1(NC(=C)C)CCCCC1. The van der Waals surface area contributed by atoms with Crippen LogP contribution in [-0.2, 0) is 0 Å². The van der Waals surface area contributed by atoms with Crippen molar-refractivity contribution in [2.75, 3.05) is 6.54 Å². The van der Waals surface area contributed by atoms with E-state index in [-0.39, 0.29) is 12.1 Å². The quantitative estimate of drug-likeness (QED) is 0.588. The molecule has 0 unspecified atom stereocenters. The van der Waals surface area contributed by atoms with E-state index in [2.05, 4.69) is 28.6 Å². The lowest BCUT2D eigenvalue weighted by Gasteiger charge is -2.39. The van der Waals surface area contributed by atoms with Gasteiger partial charge in [0.25, 0.3) is 0 Å². The molecule has 0 amide bonds. The second-order valence-electron chi connectivity index (χ2n) is 4.91. The average Bonchev–Trinajstić information content (AvgIpc) is 2.39. The molecule has 0 aromatic carbocycles. The summed E-state index contributed by atoms with van der Waals surface area (Å²) >= 11 is 0. The van der Waals surface area contributed by atoms with Crippen molar-refractivity contribution in [2.45, 2.75) is 44.6 Å². The van der Waals surface area contributed by atoms with Crippen LogP contribution in [0, 0.1) is 11.3 Å². The van der Waals surface area contributed by atoms with Gasteiger partial charge in [0.1, 0.15) is 6.54 Å². The van der Waals surface area contributed by atoms with Gasteiger partial charge >= 0.3 is 0 Å². The summed E-state index contributed by atoms with van der Waals surface area (Å²) in [5, 5.41) is 11.9. The molecule has 0 radical (unpaired) electrons. The molecule has 1 N–H and O–H groups in total. The Hall–Kier alpha value is -1.89. The minimum atomic E-state index is -0.176. The molecule has 4 heteroatoms. The van der Waals surface area contributed by atoms with Crippen LogP contribution >= 0.6 is 0 Å². The molecule has 1 saturated carbocycles. The lowest BCUT2D eigenvalue weighted by Crippen LogP contribution is -2.47. The normalized spacial score (nSPS) is 18.8. The topological polar surface area (TPSA) is 60.5 Å². The van der Waals surface area contributed by atoms with Crippen molar-refractivity contribution in [3.05, 3.63) is 24.0 Å². The first-order chi connectivity index (χ1) is 9.14. The number of hydrogen-bond acceptors (Lipinski definition) is 4. The summed E-state index contributed by atoms with van der Waals surface area (Å²) in [6.45, 7) is 9.74. The van der Waals surface area contributed by atoms with Gasteiger partial charge in [-0.3, -0.25) is 9.98 Å². The van der Waals surface area contributed by atoms with Crippen molar-refractivity contribution < 1.29 is 0 Å². The highest BCUT2D eigenvalue weighted by Gasteiger charge is 2.35. The number of nitrogens with one attached hydrogen (secondary N) is 1. The minimum Gasteiger partial charge on any atom is -0.378 e. The van der Waals surface area contributed by atoms with Crippen molar-refractivity contribution in [3.8, 4) is 6.07 Å². The second-order valence-corrected chi connectivity index (χ2v) is 4.91. The Morgan fingerprint density at radius 2 is 2.11 bits per heavy atom. The van der Waals surface area contributed by atoms with Crippen molar-refractivity contribution in [3.63, 3.8) is 0 Å². The summed E-state index contributed by atoms with van der Waals surface area (Å²) in [6, 6.07) is 1.98. The molecular formula is C15H22N4. The van der Waals surface area contributed by atoms with Crippen molar-refractivity contribution >= 4 is 12.9 Å². The van der Waals surface area contributed by atoms with Gasteiger partial charge in [0.05, 0.1) is 17.3 Å². The zero-order valence-electron chi connectivity index (χ0n) is 11.7. The van der Waals surface area contributed by atoms with E-state index in [0.717, 1.165) is 24.2 Å². The Bertz CT molecular complexity index is 420. The molecule has 0 aromatic heterocycles. The second kappa shape index (κ2) is 7.52. The highest BCUT2D eigenvalue weighted by atomic mass is 15.0. The summed E-state index contributed by atoms with van der Waals surface area (Å²) in [7, 11) is 0. The first-order valence-electron chi connectivity index (χ1n) is 6.62. The van der Waals surface area contributed by atoms with Crippen LogP contribution in [0.2, 0.25) is 0 Å². The Morgan fingerprint density at radius 3 is 2.63 bits per heavy atom. The number of hydrogen-bond donors (Lipinski definition) is 1. The molecule has 4 nitrogen and oxygen atoms in total. The van der Waals surface area contributed by atoms with Crippen LogP contribution in [0.4, 0.5) is 0 Å². The molecule has 0 heterocycles. The maximum atomic E-state index is 8.46. The first-order valence-corrected chi connectivity index (χ1v) is 6.62. The largest absolute Gasteiger partial charge is 0.378 e. The molecule has 0 saturated heterocycles. The zero-order chi connectivity index (χ0) is 14.1. The summed E-state index contributed by atoms with van der Waals surface area (Å²) < 4.78 is 0. The van der Waals surface area contributed by atoms with E-state index in [1.54, 1.807) is 6.21 Å². The smallest absolute Gasteiger partial charge is 0.126 e. The van der Waals surface area contributed by atoms with Gasteiger partial charge in [-0.25, -0.2) is 0 Å². The van der Waals surface area contributed by atoms with Crippen LogP contribution in [0.5, 0.6) is 0 Å². The number of nitrogens with zero attached hydrogens (tertiary/aromatic N) is 3. The fourth-order valence-electron chi connectivity index (χ4n) is 2.59. The molecule has 0 aromatic rings. The lowest BCUT2D eigenvalue weighted by atomic mass is 9.79. The number of rotatable bonds is 6. The maximum Gasteiger partial charge on any atom is 0.126 e. The monoisotopic (exact) mass is 258 g/mol. The van der Waals surface area contributed by atoms with Crippen LogP contribution in [-0.4, -0.2) is 25.0 Å². The number of aliphatic imine (C=N–C) groups is 2. The van der Waals surface area contributed by atoms with Gasteiger partial charge in [-0.1, -0.05) is 25.8 Å². The Kier molecular flexibility index (Phi) is 6.01. The highest BCUT2D eigenvalue weighted by Crippen LogP contribution is 2.35. The molecule has 1 aliphatic carbocycles. The van der Waals surface area contributed by atoms with Crippen LogP contribution < -0.4 is 5.32 Å². The fourth-order valence-corrected chi connectivity index (χ4v) is 2.59. The molecule has 19 heavy (non-hydrogen) atoms. The lowest BCUT2D eigenvalue weighted by molar-refractivity contribution is 0.293. The molecule has 102 valence electrons. The Labute approximate surface area is 115 Å². The number of allylic oxidation sites excluding steroid dienone is 2. The van der Waals surface area contributed by atoms with Crippen LogP contribution in [0.25, 0.3) is 0 Å². The molecule has 0 atom stereocenters. The third kappa shape index (κ3) is 4.36. The Morgan fingerprint density at radius 1 is 1.42 bits per heavy atom. The maximum absolute atomic E-state index is 8.46. The summed E-state index contributed by atoms with van der Waals surface area (Å²) in [4.78, 5) is 8.15. The summed E-state index contributed by atoms with van der Waals surface area (Å²) in [6.07, 6.45) is 9.14. The van der Waals surface area contributed by atoms with Crippen LogP contribution in [0.3, 0.4) is 0 Å². The minimum absolute atomic E-state index is 0.168. The highest BCUT2D eigenvalue weighted by molar-refractivity contribution is 5.73. The Balaban J connectivity index is 2.96. The standard InChI is InChI=1S/C15H22N4/c1-13(2)19-15(8-5-4-6-9-15)14(17-3)7-11-18-12-10-16/h7,11,19H,1,3-6,8-9,12H2,2H3/b14-7-,18-11?. The molecule has 0 spiro atoms. The van der Waals surface area contributed by atoms with E-state index in [9.17, 15) is 0 Å². The van der Waals surface area contributed by atoms with Gasteiger partial charge in [-0.2, -0.15) is 5.26 Å². The van der Waals surface area contributed by atoms with Gasteiger partial charge < -0.3 is 5.32 Å². The molecule has 1 rings (SSSR count). The summed E-state index contributed by atoms with van der Waals surface area (Å²) in [5.41, 5.74) is 1.65. The average molecular weight is 258 g/mol. The van der Waals surface area contributed by atoms with E-state index >= 15 is 0 Å².